The van der Waals surface area contributed by atoms with Gasteiger partial charge in [0.05, 0.1) is 0 Å². The Morgan fingerprint density at radius 3 is 2.34 bits per heavy atom. The van der Waals surface area contributed by atoms with Crippen LogP contribution in [0, 0.1) is 24.5 Å². The van der Waals surface area contributed by atoms with Crippen LogP contribution in [0.1, 0.15) is 48.3 Å². The first kappa shape index (κ1) is 26.9. The molecule has 0 radical (unpaired) electrons. The highest BCUT2D eigenvalue weighted by molar-refractivity contribution is 7.99. The van der Waals surface area contributed by atoms with E-state index >= 15 is 0 Å². The molecule has 2 aliphatic rings. The second-order valence-corrected chi connectivity index (χ2v) is 11.6. The van der Waals surface area contributed by atoms with Crippen LogP contribution in [0.15, 0.2) is 70.5 Å². The van der Waals surface area contributed by atoms with E-state index in [1.165, 1.54) is 40.6 Å². The minimum absolute atomic E-state index is 0.0998. The molecule has 0 aromatic heterocycles. The Hall–Kier alpha value is -2.74. The molecule has 0 unspecified atom stereocenters. The van der Waals surface area contributed by atoms with Crippen molar-refractivity contribution < 1.29 is 13.6 Å². The number of carbonyl (C=O) groups excluding carboxylic acids is 1. The van der Waals surface area contributed by atoms with Gasteiger partial charge in [-0.3, -0.25) is 9.69 Å². The number of piperidine rings is 2. The minimum atomic E-state index is -0.823. The third-order valence-corrected chi connectivity index (χ3v) is 8.74. The van der Waals surface area contributed by atoms with Crippen LogP contribution in [0.5, 0.6) is 0 Å². The van der Waals surface area contributed by atoms with Gasteiger partial charge in [-0.15, -0.1) is 0 Å². The minimum Gasteiger partial charge on any atom is -0.326 e. The van der Waals surface area contributed by atoms with Gasteiger partial charge in [-0.05, 0) is 124 Å². The number of likely N-dealkylation sites (tertiary alicyclic amines) is 1. The largest absolute Gasteiger partial charge is 0.326 e. The molecule has 0 saturated carbocycles. The van der Waals surface area contributed by atoms with Gasteiger partial charge in [-0.1, -0.05) is 30.0 Å². The van der Waals surface area contributed by atoms with Crippen molar-refractivity contribution in [2.24, 2.45) is 5.92 Å². The maximum Gasteiger partial charge on any atom is 0.227 e. The number of halogens is 2. The lowest BCUT2D eigenvalue weighted by Gasteiger charge is -2.33. The van der Waals surface area contributed by atoms with Gasteiger partial charge in [0, 0.05) is 27.9 Å². The van der Waals surface area contributed by atoms with Crippen molar-refractivity contribution in [2.45, 2.75) is 54.9 Å². The summed E-state index contributed by atoms with van der Waals surface area (Å²) in [5, 5.41) is 6.49. The van der Waals surface area contributed by atoms with E-state index in [1.54, 1.807) is 6.07 Å². The standard InChI is InChI=1S/C31H35F2N3OS/c1-21-2-5-25(35-31(37)24-10-14-34-15-11-24)18-28(21)23-12-16-36(17-13-23)20-22-3-6-26(7-4-22)38-27-8-9-29(32)30(33)19-27/h2-9,18-19,23-24,34H,10-17,20H2,1H3,(H,35,37). The monoisotopic (exact) mass is 535 g/mol. The summed E-state index contributed by atoms with van der Waals surface area (Å²) in [4.78, 5) is 16.9. The van der Waals surface area contributed by atoms with Gasteiger partial charge in [-0.25, -0.2) is 8.78 Å². The fourth-order valence-corrected chi connectivity index (χ4v) is 6.33. The summed E-state index contributed by atoms with van der Waals surface area (Å²) in [6.45, 7) is 6.95. The van der Waals surface area contributed by atoms with E-state index in [0.29, 0.717) is 10.8 Å². The topological polar surface area (TPSA) is 44.4 Å². The number of nitrogens with zero attached hydrogens (tertiary/aromatic N) is 1. The fraction of sp³-hybridized carbons (Fsp3) is 0.387. The van der Waals surface area contributed by atoms with Crippen LogP contribution in [0.2, 0.25) is 0 Å². The number of carbonyl (C=O) groups is 1. The maximum atomic E-state index is 13.5. The molecule has 5 rings (SSSR count). The van der Waals surface area contributed by atoms with Gasteiger partial charge in [0.1, 0.15) is 0 Å². The molecule has 2 fully saturated rings. The van der Waals surface area contributed by atoms with E-state index in [1.807, 2.05) is 18.2 Å². The van der Waals surface area contributed by atoms with Crippen molar-refractivity contribution in [1.82, 2.24) is 10.2 Å². The predicted octanol–water partition coefficient (Wildman–Crippen LogP) is 6.74. The number of amides is 1. The molecule has 1 amide bonds. The van der Waals surface area contributed by atoms with Crippen molar-refractivity contribution in [3.63, 3.8) is 0 Å². The summed E-state index contributed by atoms with van der Waals surface area (Å²) in [6.07, 6.45) is 3.99. The zero-order valence-electron chi connectivity index (χ0n) is 21.8. The van der Waals surface area contributed by atoms with E-state index in [2.05, 4.69) is 46.7 Å². The summed E-state index contributed by atoms with van der Waals surface area (Å²) in [5.74, 6) is -0.903. The summed E-state index contributed by atoms with van der Waals surface area (Å²) >= 11 is 1.43. The van der Waals surface area contributed by atoms with E-state index in [-0.39, 0.29) is 11.8 Å². The van der Waals surface area contributed by atoms with E-state index in [0.717, 1.165) is 69.0 Å². The van der Waals surface area contributed by atoms with Crippen LogP contribution < -0.4 is 10.6 Å². The highest BCUT2D eigenvalue weighted by Crippen LogP contribution is 2.33. The Morgan fingerprint density at radius 1 is 0.921 bits per heavy atom. The van der Waals surface area contributed by atoms with Gasteiger partial charge in [0.2, 0.25) is 5.91 Å². The molecule has 3 aromatic carbocycles. The average molecular weight is 536 g/mol. The molecule has 0 atom stereocenters. The van der Waals surface area contributed by atoms with Gasteiger partial charge in [0.25, 0.3) is 0 Å². The van der Waals surface area contributed by atoms with Crippen LogP contribution in [0.25, 0.3) is 0 Å². The highest BCUT2D eigenvalue weighted by Gasteiger charge is 2.24. The summed E-state index contributed by atoms with van der Waals surface area (Å²) < 4.78 is 26.7. The quantitative estimate of drug-likeness (QED) is 0.352. The predicted molar refractivity (Wildman–Crippen MR) is 150 cm³/mol. The first-order valence-corrected chi connectivity index (χ1v) is 14.3. The molecule has 0 spiro atoms. The molecule has 3 aromatic rings. The molecular weight excluding hydrogens is 500 g/mol. The average Bonchev–Trinajstić information content (AvgIpc) is 2.94. The lowest BCUT2D eigenvalue weighted by molar-refractivity contribution is -0.120. The van der Waals surface area contributed by atoms with Crippen molar-refractivity contribution in [3.05, 3.63) is 89.0 Å². The number of hydrogen-bond acceptors (Lipinski definition) is 4. The Morgan fingerprint density at radius 2 is 1.63 bits per heavy atom. The molecule has 0 bridgehead atoms. The number of nitrogens with one attached hydrogen (secondary N) is 2. The molecule has 2 N–H and O–H groups in total. The SMILES string of the molecule is Cc1ccc(NC(=O)C2CCNCC2)cc1C1CCN(Cc2ccc(Sc3ccc(F)c(F)c3)cc2)CC1. The number of benzene rings is 3. The second-order valence-electron chi connectivity index (χ2n) is 10.5. The van der Waals surface area contributed by atoms with Crippen molar-refractivity contribution >= 4 is 23.4 Å². The molecule has 38 heavy (non-hydrogen) atoms. The first-order chi connectivity index (χ1) is 18.4. The number of aryl methyl sites for hydroxylation is 1. The maximum absolute atomic E-state index is 13.5. The van der Waals surface area contributed by atoms with E-state index in [4.69, 9.17) is 0 Å². The van der Waals surface area contributed by atoms with Crippen LogP contribution in [0.4, 0.5) is 14.5 Å². The van der Waals surface area contributed by atoms with Crippen LogP contribution in [-0.4, -0.2) is 37.0 Å². The third kappa shape index (κ3) is 6.82. The molecule has 4 nitrogen and oxygen atoms in total. The lowest BCUT2D eigenvalue weighted by atomic mass is 9.86. The van der Waals surface area contributed by atoms with Gasteiger partial charge in [0.15, 0.2) is 11.6 Å². The van der Waals surface area contributed by atoms with Crippen molar-refractivity contribution in [2.75, 3.05) is 31.5 Å². The Kier molecular flexibility index (Phi) is 8.77. The Balaban J connectivity index is 1.13. The number of anilines is 1. The molecule has 0 aliphatic carbocycles. The van der Waals surface area contributed by atoms with Crippen LogP contribution >= 0.6 is 11.8 Å². The lowest BCUT2D eigenvalue weighted by Crippen LogP contribution is -2.34. The zero-order valence-corrected chi connectivity index (χ0v) is 22.6. The van der Waals surface area contributed by atoms with Crippen molar-refractivity contribution in [1.29, 1.82) is 0 Å². The third-order valence-electron chi connectivity index (χ3n) is 7.74. The normalized spacial score (nSPS) is 17.4. The Bertz CT molecular complexity index is 1250. The summed E-state index contributed by atoms with van der Waals surface area (Å²) in [5.41, 5.74) is 4.80. The van der Waals surface area contributed by atoms with Gasteiger partial charge >= 0.3 is 0 Å². The molecule has 7 heteroatoms. The van der Waals surface area contributed by atoms with Crippen LogP contribution in [-0.2, 0) is 11.3 Å². The smallest absolute Gasteiger partial charge is 0.227 e. The van der Waals surface area contributed by atoms with E-state index < -0.39 is 11.6 Å². The number of rotatable bonds is 7. The fourth-order valence-electron chi connectivity index (χ4n) is 5.49. The highest BCUT2D eigenvalue weighted by atomic mass is 32.2. The van der Waals surface area contributed by atoms with Crippen LogP contribution in [0.3, 0.4) is 0 Å². The summed E-state index contributed by atoms with van der Waals surface area (Å²) in [7, 11) is 0. The van der Waals surface area contributed by atoms with Gasteiger partial charge in [-0.2, -0.15) is 0 Å². The van der Waals surface area contributed by atoms with Crippen molar-refractivity contribution in [3.8, 4) is 0 Å². The number of hydrogen-bond donors (Lipinski definition) is 2. The molecule has 2 heterocycles. The zero-order chi connectivity index (χ0) is 26.5. The first-order valence-electron chi connectivity index (χ1n) is 13.5. The molecule has 200 valence electrons. The summed E-state index contributed by atoms with van der Waals surface area (Å²) in [6, 6.07) is 18.7. The molecular formula is C31H35F2N3OS. The Labute approximate surface area is 228 Å². The second kappa shape index (κ2) is 12.4. The van der Waals surface area contributed by atoms with E-state index in [9.17, 15) is 13.6 Å². The molecule has 2 saturated heterocycles. The van der Waals surface area contributed by atoms with Gasteiger partial charge < -0.3 is 10.6 Å². The molecule has 2 aliphatic heterocycles.